The van der Waals surface area contributed by atoms with Crippen LogP contribution >= 0.6 is 11.6 Å². The van der Waals surface area contributed by atoms with Crippen molar-refractivity contribution in [1.29, 1.82) is 0 Å². The smallest absolute Gasteiger partial charge is 0.142 e. The fourth-order valence-corrected chi connectivity index (χ4v) is 2.39. The van der Waals surface area contributed by atoms with Crippen molar-refractivity contribution < 1.29 is 4.39 Å². The first-order chi connectivity index (χ1) is 9.58. The molecule has 0 saturated carbocycles. The Morgan fingerprint density at radius 3 is 2.40 bits per heavy atom. The third kappa shape index (κ3) is 3.81. The molecule has 106 valence electrons. The SMILES string of the molecule is CC(C)C(NCc1ccc(Cl)c(F)c1)c1ccccc1. The minimum atomic E-state index is -0.369. The zero-order chi connectivity index (χ0) is 14.5. The van der Waals surface area contributed by atoms with Crippen LogP contribution < -0.4 is 5.32 Å². The summed E-state index contributed by atoms with van der Waals surface area (Å²) in [5.74, 6) is 0.0846. The van der Waals surface area contributed by atoms with E-state index < -0.39 is 0 Å². The minimum absolute atomic E-state index is 0.164. The van der Waals surface area contributed by atoms with Gasteiger partial charge in [-0.05, 0) is 29.2 Å². The molecule has 0 fully saturated rings. The molecule has 3 heteroatoms. The maximum absolute atomic E-state index is 13.4. The summed E-state index contributed by atoms with van der Waals surface area (Å²) in [6.45, 7) is 4.96. The Kier molecular flexibility index (Phi) is 5.16. The molecule has 1 nitrogen and oxygen atoms in total. The molecule has 0 aliphatic heterocycles. The minimum Gasteiger partial charge on any atom is -0.306 e. The van der Waals surface area contributed by atoms with Crippen LogP contribution in [0.5, 0.6) is 0 Å². The molecule has 0 aliphatic rings. The van der Waals surface area contributed by atoms with Crippen LogP contribution in [0.2, 0.25) is 5.02 Å². The van der Waals surface area contributed by atoms with E-state index in [1.165, 1.54) is 11.6 Å². The Morgan fingerprint density at radius 1 is 1.10 bits per heavy atom. The van der Waals surface area contributed by atoms with Crippen molar-refractivity contribution in [1.82, 2.24) is 5.32 Å². The summed E-state index contributed by atoms with van der Waals surface area (Å²) in [7, 11) is 0. The highest BCUT2D eigenvalue weighted by Gasteiger charge is 2.14. The van der Waals surface area contributed by atoms with E-state index in [0.717, 1.165) is 5.56 Å². The number of hydrogen-bond donors (Lipinski definition) is 1. The first-order valence-electron chi connectivity index (χ1n) is 6.80. The quantitative estimate of drug-likeness (QED) is 0.820. The molecule has 0 bridgehead atoms. The Balaban J connectivity index is 2.08. The predicted octanol–water partition coefficient (Wildman–Crippen LogP) is 4.97. The zero-order valence-electron chi connectivity index (χ0n) is 11.7. The molecule has 0 heterocycles. The second-order valence-corrected chi connectivity index (χ2v) is 5.67. The summed E-state index contributed by atoms with van der Waals surface area (Å²) in [6, 6.07) is 15.5. The van der Waals surface area contributed by atoms with Gasteiger partial charge in [0.15, 0.2) is 0 Å². The van der Waals surface area contributed by atoms with Gasteiger partial charge in [-0.1, -0.05) is 61.8 Å². The summed E-state index contributed by atoms with van der Waals surface area (Å²) in [5.41, 5.74) is 2.14. The molecular formula is C17H19ClFN. The predicted molar refractivity (Wildman–Crippen MR) is 82.3 cm³/mol. The lowest BCUT2D eigenvalue weighted by atomic mass is 9.96. The van der Waals surface area contributed by atoms with Crippen molar-refractivity contribution in [2.45, 2.75) is 26.4 Å². The van der Waals surface area contributed by atoms with E-state index in [0.29, 0.717) is 12.5 Å². The molecule has 0 aromatic heterocycles. The fraction of sp³-hybridized carbons (Fsp3) is 0.294. The normalized spacial score (nSPS) is 12.7. The standard InChI is InChI=1S/C17H19ClFN/c1-12(2)17(14-6-4-3-5-7-14)20-11-13-8-9-15(18)16(19)10-13/h3-10,12,17,20H,11H2,1-2H3. The van der Waals surface area contributed by atoms with Crippen molar-refractivity contribution in [2.24, 2.45) is 5.92 Å². The Labute approximate surface area is 124 Å². The molecule has 0 radical (unpaired) electrons. The van der Waals surface area contributed by atoms with Gasteiger partial charge >= 0.3 is 0 Å². The maximum Gasteiger partial charge on any atom is 0.142 e. The van der Waals surface area contributed by atoms with Crippen LogP contribution in [-0.2, 0) is 6.54 Å². The average Bonchev–Trinajstić information content (AvgIpc) is 2.44. The first kappa shape index (κ1) is 15.0. The van der Waals surface area contributed by atoms with Crippen molar-refractivity contribution in [3.8, 4) is 0 Å². The highest BCUT2D eigenvalue weighted by Crippen LogP contribution is 2.22. The molecule has 1 unspecified atom stereocenters. The molecule has 2 rings (SSSR count). The number of halogens is 2. The monoisotopic (exact) mass is 291 g/mol. The maximum atomic E-state index is 13.4. The van der Waals surface area contributed by atoms with Crippen LogP contribution in [0.3, 0.4) is 0 Å². The van der Waals surface area contributed by atoms with Gasteiger partial charge in [-0.15, -0.1) is 0 Å². The number of hydrogen-bond acceptors (Lipinski definition) is 1. The van der Waals surface area contributed by atoms with Crippen LogP contribution in [0, 0.1) is 11.7 Å². The first-order valence-corrected chi connectivity index (χ1v) is 7.18. The van der Waals surface area contributed by atoms with Crippen LogP contribution in [0.15, 0.2) is 48.5 Å². The largest absolute Gasteiger partial charge is 0.306 e. The van der Waals surface area contributed by atoms with Crippen LogP contribution in [-0.4, -0.2) is 0 Å². The van der Waals surface area contributed by atoms with Crippen LogP contribution in [0.1, 0.15) is 31.0 Å². The highest BCUT2D eigenvalue weighted by molar-refractivity contribution is 6.30. The fourth-order valence-electron chi connectivity index (χ4n) is 2.28. The van der Waals surface area contributed by atoms with E-state index in [4.69, 9.17) is 11.6 Å². The highest BCUT2D eigenvalue weighted by atomic mass is 35.5. The van der Waals surface area contributed by atoms with Gasteiger partial charge < -0.3 is 5.32 Å². The van der Waals surface area contributed by atoms with E-state index in [1.807, 2.05) is 24.3 Å². The van der Waals surface area contributed by atoms with Gasteiger partial charge in [-0.25, -0.2) is 4.39 Å². The van der Waals surface area contributed by atoms with Gasteiger partial charge in [0.1, 0.15) is 5.82 Å². The Hall–Kier alpha value is -1.38. The van der Waals surface area contributed by atoms with E-state index >= 15 is 0 Å². The van der Waals surface area contributed by atoms with Gasteiger partial charge in [0.05, 0.1) is 5.02 Å². The molecule has 0 aliphatic carbocycles. The van der Waals surface area contributed by atoms with Crippen molar-refractivity contribution >= 4 is 11.6 Å². The lowest BCUT2D eigenvalue weighted by Gasteiger charge is -2.23. The van der Waals surface area contributed by atoms with E-state index in [-0.39, 0.29) is 16.9 Å². The van der Waals surface area contributed by atoms with E-state index in [2.05, 4.69) is 31.3 Å². The second-order valence-electron chi connectivity index (χ2n) is 5.26. The van der Waals surface area contributed by atoms with Crippen molar-refractivity contribution in [3.05, 3.63) is 70.5 Å². The number of nitrogens with one attached hydrogen (secondary N) is 1. The Bertz CT molecular complexity index is 554. The summed E-state index contributed by atoms with van der Waals surface area (Å²) < 4.78 is 13.4. The molecule has 20 heavy (non-hydrogen) atoms. The third-order valence-corrected chi connectivity index (χ3v) is 3.64. The molecular weight excluding hydrogens is 273 g/mol. The van der Waals surface area contributed by atoms with Crippen molar-refractivity contribution in [2.75, 3.05) is 0 Å². The van der Waals surface area contributed by atoms with Gasteiger partial charge in [-0.2, -0.15) is 0 Å². The molecule has 1 N–H and O–H groups in total. The Morgan fingerprint density at radius 2 is 1.80 bits per heavy atom. The van der Waals surface area contributed by atoms with Gasteiger partial charge in [-0.3, -0.25) is 0 Å². The van der Waals surface area contributed by atoms with Crippen LogP contribution in [0.4, 0.5) is 4.39 Å². The van der Waals surface area contributed by atoms with Gasteiger partial charge in [0, 0.05) is 12.6 Å². The lowest BCUT2D eigenvalue weighted by molar-refractivity contribution is 0.410. The second kappa shape index (κ2) is 6.87. The summed E-state index contributed by atoms with van der Waals surface area (Å²) in [6.07, 6.45) is 0. The molecule has 0 saturated heterocycles. The summed E-state index contributed by atoms with van der Waals surface area (Å²) in [4.78, 5) is 0. The number of benzene rings is 2. The molecule has 2 aromatic carbocycles. The zero-order valence-corrected chi connectivity index (χ0v) is 12.5. The average molecular weight is 292 g/mol. The lowest BCUT2D eigenvalue weighted by Crippen LogP contribution is -2.25. The number of rotatable bonds is 5. The molecule has 0 spiro atoms. The molecule has 1 atom stereocenters. The van der Waals surface area contributed by atoms with Gasteiger partial charge in [0.25, 0.3) is 0 Å². The third-order valence-electron chi connectivity index (χ3n) is 3.34. The van der Waals surface area contributed by atoms with E-state index in [9.17, 15) is 4.39 Å². The summed E-state index contributed by atoms with van der Waals surface area (Å²) >= 11 is 5.69. The van der Waals surface area contributed by atoms with Gasteiger partial charge in [0.2, 0.25) is 0 Å². The summed E-state index contributed by atoms with van der Waals surface area (Å²) in [5, 5.41) is 3.65. The van der Waals surface area contributed by atoms with Crippen molar-refractivity contribution in [3.63, 3.8) is 0 Å². The van der Waals surface area contributed by atoms with E-state index in [1.54, 1.807) is 6.07 Å². The topological polar surface area (TPSA) is 12.0 Å². The molecule has 2 aromatic rings. The molecule has 0 amide bonds. The van der Waals surface area contributed by atoms with Crippen LogP contribution in [0.25, 0.3) is 0 Å².